The summed E-state index contributed by atoms with van der Waals surface area (Å²) in [4.78, 5) is 8.70. The van der Waals surface area contributed by atoms with Crippen LogP contribution in [-0.2, 0) is 6.54 Å². The molecule has 66 valence electrons. The van der Waals surface area contributed by atoms with Crippen LogP contribution in [0.1, 0.15) is 22.8 Å². The number of aryl methyl sites for hydroxylation is 2. The number of aromatic nitrogens is 2. The average molecular weight is 165 g/mol. The Labute approximate surface area is 73.2 Å². The molecule has 1 aromatic rings. The van der Waals surface area contributed by atoms with Gasteiger partial charge in [-0.25, -0.2) is 9.97 Å². The van der Waals surface area contributed by atoms with Crippen molar-refractivity contribution >= 4 is 0 Å². The molecule has 1 rings (SSSR count). The third-order valence-corrected chi connectivity index (χ3v) is 2.01. The van der Waals surface area contributed by atoms with Gasteiger partial charge in [-0.15, -0.1) is 0 Å². The zero-order valence-corrected chi connectivity index (χ0v) is 8.10. The summed E-state index contributed by atoms with van der Waals surface area (Å²) in [5, 5.41) is 3.03. The van der Waals surface area contributed by atoms with Crippen LogP contribution in [0.2, 0.25) is 0 Å². The summed E-state index contributed by atoms with van der Waals surface area (Å²) in [6.45, 7) is 6.82. The van der Waals surface area contributed by atoms with E-state index in [-0.39, 0.29) is 0 Å². The number of hydrogen-bond donors (Lipinski definition) is 1. The Balaban J connectivity index is 3.04. The van der Waals surface area contributed by atoms with Gasteiger partial charge >= 0.3 is 0 Å². The lowest BCUT2D eigenvalue weighted by Gasteiger charge is -2.05. The van der Waals surface area contributed by atoms with Crippen LogP contribution in [0.5, 0.6) is 0 Å². The first-order valence-corrected chi connectivity index (χ1v) is 4.10. The summed E-state index contributed by atoms with van der Waals surface area (Å²) in [6.07, 6.45) is 0. The van der Waals surface area contributed by atoms with E-state index in [9.17, 15) is 0 Å². The highest BCUT2D eigenvalue weighted by atomic mass is 15.0. The predicted molar refractivity (Wildman–Crippen MR) is 49.0 cm³/mol. The molecule has 0 bridgehead atoms. The molecule has 3 nitrogen and oxygen atoms in total. The Hall–Kier alpha value is -0.960. The normalized spacial score (nSPS) is 10.3. The van der Waals surface area contributed by atoms with Gasteiger partial charge in [-0.1, -0.05) is 0 Å². The monoisotopic (exact) mass is 165 g/mol. The van der Waals surface area contributed by atoms with Crippen molar-refractivity contribution in [1.82, 2.24) is 15.3 Å². The van der Waals surface area contributed by atoms with E-state index in [0.717, 1.165) is 23.8 Å². The van der Waals surface area contributed by atoms with Crippen LogP contribution >= 0.6 is 0 Å². The molecule has 1 N–H and O–H groups in total. The van der Waals surface area contributed by atoms with Gasteiger partial charge in [-0.3, -0.25) is 0 Å². The first kappa shape index (κ1) is 9.13. The standard InChI is InChI=1S/C9H15N3/c1-6-7(2)11-9(5-10-4)12-8(6)3/h10H,5H2,1-4H3. The Morgan fingerprint density at radius 3 is 2.00 bits per heavy atom. The molecule has 0 fully saturated rings. The summed E-state index contributed by atoms with van der Waals surface area (Å²) in [6, 6.07) is 0. The smallest absolute Gasteiger partial charge is 0.142 e. The van der Waals surface area contributed by atoms with Gasteiger partial charge in [0, 0.05) is 11.4 Å². The quantitative estimate of drug-likeness (QED) is 0.713. The van der Waals surface area contributed by atoms with Gasteiger partial charge in [0.25, 0.3) is 0 Å². The van der Waals surface area contributed by atoms with Gasteiger partial charge in [-0.2, -0.15) is 0 Å². The van der Waals surface area contributed by atoms with Gasteiger partial charge in [-0.05, 0) is 33.4 Å². The second-order valence-electron chi connectivity index (χ2n) is 2.97. The van der Waals surface area contributed by atoms with Crippen molar-refractivity contribution in [3.8, 4) is 0 Å². The van der Waals surface area contributed by atoms with E-state index in [1.54, 1.807) is 0 Å². The first-order chi connectivity index (χ1) is 5.65. The molecule has 12 heavy (non-hydrogen) atoms. The minimum Gasteiger partial charge on any atom is -0.313 e. The largest absolute Gasteiger partial charge is 0.313 e. The lowest BCUT2D eigenvalue weighted by Crippen LogP contribution is -2.11. The Bertz CT molecular complexity index is 258. The van der Waals surface area contributed by atoms with E-state index in [1.165, 1.54) is 5.56 Å². The van der Waals surface area contributed by atoms with Gasteiger partial charge in [0.2, 0.25) is 0 Å². The molecular weight excluding hydrogens is 150 g/mol. The molecule has 1 heterocycles. The fourth-order valence-corrected chi connectivity index (χ4v) is 1.08. The molecule has 0 saturated heterocycles. The zero-order chi connectivity index (χ0) is 9.14. The number of hydrogen-bond acceptors (Lipinski definition) is 3. The van der Waals surface area contributed by atoms with Gasteiger partial charge in [0.05, 0.1) is 6.54 Å². The Kier molecular flexibility index (Phi) is 2.76. The molecule has 1 aromatic heterocycles. The molecule has 0 aliphatic rings. The van der Waals surface area contributed by atoms with Crippen molar-refractivity contribution in [1.29, 1.82) is 0 Å². The van der Waals surface area contributed by atoms with Crippen LogP contribution in [0.4, 0.5) is 0 Å². The Morgan fingerprint density at radius 2 is 1.58 bits per heavy atom. The molecule has 3 heteroatoms. The van der Waals surface area contributed by atoms with E-state index in [4.69, 9.17) is 0 Å². The maximum absolute atomic E-state index is 4.35. The summed E-state index contributed by atoms with van der Waals surface area (Å²) in [5.74, 6) is 0.873. The van der Waals surface area contributed by atoms with E-state index < -0.39 is 0 Å². The van der Waals surface area contributed by atoms with E-state index in [1.807, 2.05) is 27.8 Å². The highest BCUT2D eigenvalue weighted by Crippen LogP contribution is 2.07. The number of nitrogens with one attached hydrogen (secondary N) is 1. The van der Waals surface area contributed by atoms with Crippen molar-refractivity contribution in [3.63, 3.8) is 0 Å². The van der Waals surface area contributed by atoms with Crippen molar-refractivity contribution in [2.75, 3.05) is 7.05 Å². The fourth-order valence-electron chi connectivity index (χ4n) is 1.08. The third-order valence-electron chi connectivity index (χ3n) is 2.01. The summed E-state index contributed by atoms with van der Waals surface area (Å²) in [7, 11) is 1.90. The molecule has 0 aliphatic carbocycles. The Morgan fingerprint density at radius 1 is 1.08 bits per heavy atom. The van der Waals surface area contributed by atoms with Crippen LogP contribution < -0.4 is 5.32 Å². The molecule has 0 radical (unpaired) electrons. The highest BCUT2D eigenvalue weighted by Gasteiger charge is 2.02. The molecule has 0 unspecified atom stereocenters. The lowest BCUT2D eigenvalue weighted by molar-refractivity contribution is 0.743. The van der Waals surface area contributed by atoms with Gasteiger partial charge in [0.15, 0.2) is 0 Å². The van der Waals surface area contributed by atoms with Crippen LogP contribution in [0.15, 0.2) is 0 Å². The zero-order valence-electron chi connectivity index (χ0n) is 8.10. The summed E-state index contributed by atoms with van der Waals surface area (Å²) < 4.78 is 0. The second-order valence-corrected chi connectivity index (χ2v) is 2.97. The maximum Gasteiger partial charge on any atom is 0.142 e. The SMILES string of the molecule is CNCc1nc(C)c(C)c(C)n1. The molecule has 0 atom stereocenters. The fraction of sp³-hybridized carbons (Fsp3) is 0.556. The maximum atomic E-state index is 4.35. The van der Waals surface area contributed by atoms with Crippen LogP contribution in [0.3, 0.4) is 0 Å². The van der Waals surface area contributed by atoms with Gasteiger partial charge < -0.3 is 5.32 Å². The average Bonchev–Trinajstić information content (AvgIpc) is 2.01. The highest BCUT2D eigenvalue weighted by molar-refractivity contribution is 5.22. The minimum atomic E-state index is 0.738. The van der Waals surface area contributed by atoms with Crippen molar-refractivity contribution in [3.05, 3.63) is 22.8 Å². The van der Waals surface area contributed by atoms with Crippen molar-refractivity contribution in [2.45, 2.75) is 27.3 Å². The lowest BCUT2D eigenvalue weighted by atomic mass is 10.2. The molecule has 0 amide bonds. The summed E-state index contributed by atoms with van der Waals surface area (Å²) in [5.41, 5.74) is 3.34. The van der Waals surface area contributed by atoms with E-state index in [2.05, 4.69) is 15.3 Å². The summed E-state index contributed by atoms with van der Waals surface area (Å²) >= 11 is 0. The van der Waals surface area contributed by atoms with Crippen LogP contribution in [0, 0.1) is 20.8 Å². The minimum absolute atomic E-state index is 0.738. The molecule has 0 aromatic carbocycles. The molecule has 0 aliphatic heterocycles. The first-order valence-electron chi connectivity index (χ1n) is 4.10. The molecular formula is C9H15N3. The van der Waals surface area contributed by atoms with Crippen LogP contribution in [0.25, 0.3) is 0 Å². The van der Waals surface area contributed by atoms with E-state index in [0.29, 0.717) is 0 Å². The molecule has 0 saturated carbocycles. The van der Waals surface area contributed by atoms with Crippen molar-refractivity contribution < 1.29 is 0 Å². The van der Waals surface area contributed by atoms with Crippen LogP contribution in [-0.4, -0.2) is 17.0 Å². The second kappa shape index (κ2) is 3.63. The third kappa shape index (κ3) is 1.80. The van der Waals surface area contributed by atoms with E-state index >= 15 is 0 Å². The topological polar surface area (TPSA) is 37.8 Å². The van der Waals surface area contributed by atoms with Gasteiger partial charge in [0.1, 0.15) is 5.82 Å². The molecule has 0 spiro atoms. The number of rotatable bonds is 2. The number of nitrogens with zero attached hydrogens (tertiary/aromatic N) is 2. The predicted octanol–water partition coefficient (Wildman–Crippen LogP) is 1.12. The van der Waals surface area contributed by atoms with Crippen molar-refractivity contribution in [2.24, 2.45) is 0 Å².